The van der Waals surface area contributed by atoms with Gasteiger partial charge in [-0.15, -0.1) is 5.92 Å². The molecule has 0 saturated heterocycles. The van der Waals surface area contributed by atoms with Crippen LogP contribution in [0.3, 0.4) is 0 Å². The van der Waals surface area contributed by atoms with Gasteiger partial charge < -0.3 is 0 Å². The van der Waals surface area contributed by atoms with Gasteiger partial charge in [0.1, 0.15) is 0 Å². The maximum absolute atomic E-state index is 6.00. The van der Waals surface area contributed by atoms with Gasteiger partial charge in [0.15, 0.2) is 0 Å². The van der Waals surface area contributed by atoms with Crippen molar-refractivity contribution >= 4 is 11.6 Å². The first-order valence-corrected chi connectivity index (χ1v) is 8.48. The normalized spacial score (nSPS) is 11.5. The van der Waals surface area contributed by atoms with E-state index >= 15 is 0 Å². The van der Waals surface area contributed by atoms with E-state index in [9.17, 15) is 0 Å². The average molecular weight is 311 g/mol. The van der Waals surface area contributed by atoms with Crippen molar-refractivity contribution in [3.63, 3.8) is 0 Å². The summed E-state index contributed by atoms with van der Waals surface area (Å²) in [5.74, 6) is 6.96. The number of unbranched alkanes of at least 4 members (excludes halogenated alkanes) is 4. The smallest absolute Gasteiger partial charge is 0.0702 e. The first kappa shape index (κ1) is 16.7. The molecule has 2 rings (SSSR count). The van der Waals surface area contributed by atoms with E-state index in [4.69, 9.17) is 11.6 Å². The summed E-state index contributed by atoms with van der Waals surface area (Å²) in [5, 5.41) is 0.767. The molecule has 0 fully saturated rings. The molecule has 1 unspecified atom stereocenters. The van der Waals surface area contributed by atoms with E-state index in [1.165, 1.54) is 36.8 Å². The van der Waals surface area contributed by atoms with Crippen molar-refractivity contribution in [2.24, 2.45) is 0 Å². The predicted octanol–water partition coefficient (Wildman–Crippen LogP) is 6.45. The van der Waals surface area contributed by atoms with E-state index < -0.39 is 0 Å². The Labute approximate surface area is 139 Å². The first-order valence-electron chi connectivity index (χ1n) is 8.10. The molecule has 0 N–H and O–H groups in total. The third-order valence-electron chi connectivity index (χ3n) is 3.74. The molecule has 0 radical (unpaired) electrons. The SMILES string of the molecule is CCCCCCC#CC(c1ccccc1)c1ccc(Cl)cc1. The molecular formula is C21H23Cl. The second kappa shape index (κ2) is 9.34. The highest BCUT2D eigenvalue weighted by Gasteiger charge is 2.10. The van der Waals surface area contributed by atoms with Crippen LogP contribution in [0.4, 0.5) is 0 Å². The van der Waals surface area contributed by atoms with Crippen molar-refractivity contribution in [1.82, 2.24) is 0 Å². The van der Waals surface area contributed by atoms with Crippen molar-refractivity contribution in [2.75, 3.05) is 0 Å². The van der Waals surface area contributed by atoms with Gasteiger partial charge in [-0.1, -0.05) is 86.2 Å². The zero-order valence-corrected chi connectivity index (χ0v) is 13.9. The molecular weight excluding hydrogens is 288 g/mol. The van der Waals surface area contributed by atoms with Gasteiger partial charge in [0.05, 0.1) is 5.92 Å². The van der Waals surface area contributed by atoms with Crippen molar-refractivity contribution in [3.8, 4) is 11.8 Å². The summed E-state index contributed by atoms with van der Waals surface area (Å²) >= 11 is 6.00. The lowest BCUT2D eigenvalue weighted by atomic mass is 9.92. The van der Waals surface area contributed by atoms with E-state index in [2.05, 4.69) is 55.2 Å². The molecule has 0 bridgehead atoms. The van der Waals surface area contributed by atoms with Crippen LogP contribution in [0.1, 0.15) is 56.1 Å². The summed E-state index contributed by atoms with van der Waals surface area (Å²) in [5.41, 5.74) is 2.45. The Morgan fingerprint density at radius 3 is 2.23 bits per heavy atom. The zero-order valence-electron chi connectivity index (χ0n) is 13.2. The third-order valence-corrected chi connectivity index (χ3v) is 3.99. The van der Waals surface area contributed by atoms with E-state index in [1.807, 2.05) is 18.2 Å². The van der Waals surface area contributed by atoms with E-state index in [1.54, 1.807) is 0 Å². The molecule has 0 spiro atoms. The minimum atomic E-state index is 0.129. The van der Waals surface area contributed by atoms with Crippen molar-refractivity contribution in [3.05, 3.63) is 70.7 Å². The molecule has 22 heavy (non-hydrogen) atoms. The van der Waals surface area contributed by atoms with Crippen LogP contribution < -0.4 is 0 Å². The van der Waals surface area contributed by atoms with Crippen LogP contribution in [0, 0.1) is 11.8 Å². The molecule has 1 heteroatoms. The van der Waals surface area contributed by atoms with Gasteiger partial charge in [0.2, 0.25) is 0 Å². The molecule has 0 amide bonds. The van der Waals surface area contributed by atoms with Gasteiger partial charge in [0.25, 0.3) is 0 Å². The van der Waals surface area contributed by atoms with Crippen LogP contribution in [0.15, 0.2) is 54.6 Å². The zero-order chi connectivity index (χ0) is 15.6. The summed E-state index contributed by atoms with van der Waals surface area (Å²) in [4.78, 5) is 0. The largest absolute Gasteiger partial charge is 0.102 e. The van der Waals surface area contributed by atoms with Crippen molar-refractivity contribution < 1.29 is 0 Å². The maximum atomic E-state index is 6.00. The monoisotopic (exact) mass is 310 g/mol. The Morgan fingerprint density at radius 1 is 0.864 bits per heavy atom. The van der Waals surface area contributed by atoms with Crippen LogP contribution >= 0.6 is 11.6 Å². The molecule has 0 aliphatic carbocycles. The van der Waals surface area contributed by atoms with Crippen LogP contribution in [0.5, 0.6) is 0 Å². The summed E-state index contributed by atoms with van der Waals surface area (Å²) in [6.45, 7) is 2.23. The van der Waals surface area contributed by atoms with Gasteiger partial charge >= 0.3 is 0 Å². The molecule has 0 heterocycles. The van der Waals surface area contributed by atoms with Gasteiger partial charge in [-0.25, -0.2) is 0 Å². The highest BCUT2D eigenvalue weighted by atomic mass is 35.5. The number of halogens is 1. The Morgan fingerprint density at radius 2 is 1.55 bits per heavy atom. The summed E-state index contributed by atoms with van der Waals surface area (Å²) in [6.07, 6.45) is 6.04. The van der Waals surface area contributed by atoms with Crippen molar-refractivity contribution in [2.45, 2.75) is 44.9 Å². The minimum Gasteiger partial charge on any atom is -0.102 e. The lowest BCUT2D eigenvalue weighted by Gasteiger charge is -2.12. The Balaban J connectivity index is 2.13. The van der Waals surface area contributed by atoms with Crippen molar-refractivity contribution in [1.29, 1.82) is 0 Å². The van der Waals surface area contributed by atoms with E-state index in [0.717, 1.165) is 11.4 Å². The maximum Gasteiger partial charge on any atom is 0.0702 e. The van der Waals surface area contributed by atoms with Crippen LogP contribution in [-0.2, 0) is 0 Å². The van der Waals surface area contributed by atoms with Crippen LogP contribution in [-0.4, -0.2) is 0 Å². The average Bonchev–Trinajstić information content (AvgIpc) is 2.56. The molecule has 2 aromatic rings. The summed E-state index contributed by atoms with van der Waals surface area (Å²) in [7, 11) is 0. The third kappa shape index (κ3) is 5.24. The number of benzene rings is 2. The number of hydrogen-bond acceptors (Lipinski definition) is 0. The quantitative estimate of drug-likeness (QED) is 0.425. The lowest BCUT2D eigenvalue weighted by Crippen LogP contribution is -1.98. The summed E-state index contributed by atoms with van der Waals surface area (Å²) in [6, 6.07) is 18.5. The van der Waals surface area contributed by atoms with Gasteiger partial charge in [-0.2, -0.15) is 0 Å². The molecule has 0 aliphatic rings. The molecule has 2 aromatic carbocycles. The van der Waals surface area contributed by atoms with Crippen LogP contribution in [0.2, 0.25) is 5.02 Å². The molecule has 0 nitrogen and oxygen atoms in total. The second-order valence-electron chi connectivity index (χ2n) is 5.53. The standard InChI is InChI=1S/C21H23Cl/c1-2-3-4-5-6-10-13-21(18-11-8-7-9-12-18)19-14-16-20(22)17-15-19/h7-9,11-12,14-17,21H,2-6H2,1H3. The Bertz CT molecular complexity index is 602. The minimum absolute atomic E-state index is 0.129. The lowest BCUT2D eigenvalue weighted by molar-refractivity contribution is 0.679. The molecule has 114 valence electrons. The van der Waals surface area contributed by atoms with E-state index in [-0.39, 0.29) is 5.92 Å². The fourth-order valence-corrected chi connectivity index (χ4v) is 2.60. The Hall–Kier alpha value is -1.71. The van der Waals surface area contributed by atoms with Gasteiger partial charge in [0, 0.05) is 11.4 Å². The highest BCUT2D eigenvalue weighted by Crippen LogP contribution is 2.25. The number of rotatable bonds is 6. The summed E-state index contributed by atoms with van der Waals surface area (Å²) < 4.78 is 0. The number of hydrogen-bond donors (Lipinski definition) is 0. The molecule has 0 aromatic heterocycles. The van der Waals surface area contributed by atoms with Crippen LogP contribution in [0.25, 0.3) is 0 Å². The van der Waals surface area contributed by atoms with Gasteiger partial charge in [-0.3, -0.25) is 0 Å². The first-order chi connectivity index (χ1) is 10.8. The molecule has 0 saturated carbocycles. The Kier molecular flexibility index (Phi) is 7.07. The second-order valence-corrected chi connectivity index (χ2v) is 5.96. The fourth-order valence-electron chi connectivity index (χ4n) is 2.47. The fraction of sp³-hybridized carbons (Fsp3) is 0.333. The highest BCUT2D eigenvalue weighted by molar-refractivity contribution is 6.30. The van der Waals surface area contributed by atoms with E-state index in [0.29, 0.717) is 0 Å². The predicted molar refractivity (Wildman–Crippen MR) is 96.3 cm³/mol. The molecule has 1 atom stereocenters. The topological polar surface area (TPSA) is 0 Å². The van der Waals surface area contributed by atoms with Gasteiger partial charge in [-0.05, 0) is 29.7 Å². The molecule has 0 aliphatic heterocycles.